The summed E-state index contributed by atoms with van der Waals surface area (Å²) in [6.45, 7) is 11.7. The van der Waals surface area contributed by atoms with Gasteiger partial charge in [0, 0.05) is 49.9 Å². The highest BCUT2D eigenvalue weighted by Crippen LogP contribution is 2.27. The average Bonchev–Trinajstić information content (AvgIpc) is 3.32. The number of urea groups is 1. The Balaban J connectivity index is 1.94. The van der Waals surface area contributed by atoms with E-state index >= 15 is 0 Å². The third kappa shape index (κ3) is 14.0. The van der Waals surface area contributed by atoms with Crippen LogP contribution in [0.4, 0.5) is 10.5 Å². The van der Waals surface area contributed by atoms with Crippen LogP contribution in [0.3, 0.4) is 0 Å². The molecule has 1 unspecified atom stereocenters. The van der Waals surface area contributed by atoms with Crippen molar-refractivity contribution in [2.45, 2.75) is 106 Å². The molecule has 0 aromatic heterocycles. The molecule has 5 N–H and O–H groups in total. The van der Waals surface area contributed by atoms with Crippen LogP contribution >= 0.6 is 0 Å². The Morgan fingerprint density at radius 1 is 0.939 bits per heavy atom. The number of nitrogens with two attached hydrogens (primary N) is 1. The van der Waals surface area contributed by atoms with Gasteiger partial charge in [0.25, 0.3) is 0 Å². The van der Waals surface area contributed by atoms with Crippen LogP contribution in [0.1, 0.15) is 98.5 Å². The average molecular weight is 686 g/mol. The highest BCUT2D eigenvalue weighted by Gasteiger charge is 2.39. The van der Waals surface area contributed by atoms with Crippen molar-refractivity contribution in [2.24, 2.45) is 35.3 Å². The summed E-state index contributed by atoms with van der Waals surface area (Å²) >= 11 is 0. The summed E-state index contributed by atoms with van der Waals surface area (Å²) in [5.41, 5.74) is 6.42. The second-order valence-corrected chi connectivity index (χ2v) is 13.8. The summed E-state index contributed by atoms with van der Waals surface area (Å²) < 4.78 is 5.24. The fraction of sp³-hybridized carbons (Fsp3) is 0.639. The number of rotatable bonds is 21. The minimum atomic E-state index is -0.799. The zero-order valence-corrected chi connectivity index (χ0v) is 29.8. The molecule has 1 aliphatic rings. The van der Waals surface area contributed by atoms with Gasteiger partial charge in [0.15, 0.2) is 5.78 Å². The van der Waals surface area contributed by atoms with Crippen molar-refractivity contribution in [1.82, 2.24) is 15.5 Å². The number of ether oxygens (including phenoxy) is 1. The molecule has 1 saturated heterocycles. The molecule has 272 valence electrons. The molecule has 0 aliphatic carbocycles. The predicted molar refractivity (Wildman–Crippen MR) is 185 cm³/mol. The summed E-state index contributed by atoms with van der Waals surface area (Å²) in [7, 11) is 0. The number of imide groups is 1. The smallest absolute Gasteiger partial charge is 0.312 e. The van der Waals surface area contributed by atoms with E-state index in [1.807, 2.05) is 27.7 Å². The third-order valence-corrected chi connectivity index (χ3v) is 8.62. The van der Waals surface area contributed by atoms with Crippen molar-refractivity contribution in [2.75, 3.05) is 18.4 Å². The zero-order chi connectivity index (χ0) is 36.7. The molecular weight excluding hydrogens is 630 g/mol. The molecule has 0 spiro atoms. The van der Waals surface area contributed by atoms with Gasteiger partial charge in [-0.05, 0) is 55.2 Å². The minimum absolute atomic E-state index is 0.108. The molecule has 13 nitrogen and oxygen atoms in total. The first-order valence-corrected chi connectivity index (χ1v) is 17.4. The van der Waals surface area contributed by atoms with E-state index in [0.717, 1.165) is 5.56 Å². The molecule has 2 rings (SSSR count). The zero-order valence-electron chi connectivity index (χ0n) is 29.8. The van der Waals surface area contributed by atoms with Crippen LogP contribution in [0, 0.1) is 29.6 Å². The number of carbonyl (C=O) groups is 7. The van der Waals surface area contributed by atoms with Gasteiger partial charge in [0.1, 0.15) is 6.61 Å². The highest BCUT2D eigenvalue weighted by atomic mass is 16.5. The number of esters is 1. The number of nitrogens with one attached hydrogen (secondary N) is 3. The van der Waals surface area contributed by atoms with Crippen LogP contribution < -0.4 is 21.7 Å². The molecule has 0 radical (unpaired) electrons. The van der Waals surface area contributed by atoms with Gasteiger partial charge in [-0.1, -0.05) is 60.1 Å². The number of nitrogens with zero attached hydrogens (tertiary/aromatic N) is 1. The minimum Gasteiger partial charge on any atom is -0.461 e. The molecule has 49 heavy (non-hydrogen) atoms. The van der Waals surface area contributed by atoms with Crippen molar-refractivity contribution < 1.29 is 38.3 Å². The number of anilines is 1. The van der Waals surface area contributed by atoms with Crippen molar-refractivity contribution in [3.63, 3.8) is 0 Å². The fourth-order valence-corrected chi connectivity index (χ4v) is 5.57. The van der Waals surface area contributed by atoms with E-state index in [1.54, 1.807) is 38.1 Å². The van der Waals surface area contributed by atoms with Gasteiger partial charge < -0.3 is 26.4 Å². The van der Waals surface area contributed by atoms with E-state index < -0.39 is 18.0 Å². The number of hydrogen-bond acceptors (Lipinski definition) is 8. The molecule has 1 fully saturated rings. The van der Waals surface area contributed by atoms with Crippen LogP contribution in [0.15, 0.2) is 24.3 Å². The maximum atomic E-state index is 13.5. The SMILES string of the molecule is CC(C)C(=O)OCc1ccc(NC(=O)[C@H](CCCNC(N)=O)CC(=O)[C@@H](NC(=O)CCCCCN2C(=O)CC(C(C)C)C2=O)C(C)C)cc1. The van der Waals surface area contributed by atoms with Crippen LogP contribution in [-0.4, -0.2) is 65.4 Å². The van der Waals surface area contributed by atoms with Crippen molar-refractivity contribution in [3.05, 3.63) is 29.8 Å². The van der Waals surface area contributed by atoms with Crippen LogP contribution in [-0.2, 0) is 40.1 Å². The van der Waals surface area contributed by atoms with Crippen LogP contribution in [0.5, 0.6) is 0 Å². The standard InChI is InChI=1S/C36H55N5O8/c1-22(2)28-20-31(44)41(34(28)46)18-9-7-8-12-30(43)40-32(23(3)4)29(42)19-26(11-10-17-38-36(37)48)33(45)39-27-15-13-25(14-16-27)21-49-35(47)24(5)6/h13-16,22-24,26,28,32H,7-12,17-21H2,1-6H3,(H,39,45)(H,40,43)(H3,37,38,48)/t26-,28?,32+/m1/s1. The van der Waals surface area contributed by atoms with E-state index in [2.05, 4.69) is 16.0 Å². The second-order valence-electron chi connectivity index (χ2n) is 13.8. The van der Waals surface area contributed by atoms with Gasteiger partial charge in [-0.25, -0.2) is 4.79 Å². The van der Waals surface area contributed by atoms with E-state index in [4.69, 9.17) is 10.5 Å². The Morgan fingerprint density at radius 2 is 1.61 bits per heavy atom. The Kier molecular flexibility index (Phi) is 16.9. The fourth-order valence-electron chi connectivity index (χ4n) is 5.57. The number of primary amides is 1. The molecule has 1 aliphatic heterocycles. The lowest BCUT2D eigenvalue weighted by Crippen LogP contribution is -2.45. The summed E-state index contributed by atoms with van der Waals surface area (Å²) in [4.78, 5) is 88.7. The summed E-state index contributed by atoms with van der Waals surface area (Å²) in [5, 5.41) is 8.18. The molecule has 13 heteroatoms. The number of unbranched alkanes of at least 4 members (excludes halogenated alkanes) is 2. The van der Waals surface area contributed by atoms with E-state index in [0.29, 0.717) is 44.3 Å². The molecule has 3 atom stereocenters. The van der Waals surface area contributed by atoms with E-state index in [-0.39, 0.29) is 91.5 Å². The summed E-state index contributed by atoms with van der Waals surface area (Å²) in [6.07, 6.45) is 2.78. The predicted octanol–water partition coefficient (Wildman–Crippen LogP) is 4.08. The van der Waals surface area contributed by atoms with E-state index in [9.17, 15) is 33.6 Å². The van der Waals surface area contributed by atoms with Crippen molar-refractivity contribution in [1.29, 1.82) is 0 Å². The lowest BCUT2D eigenvalue weighted by molar-refractivity contribution is -0.148. The van der Waals surface area contributed by atoms with Crippen molar-refractivity contribution in [3.8, 4) is 0 Å². The third-order valence-electron chi connectivity index (χ3n) is 8.62. The Bertz CT molecular complexity index is 1310. The summed E-state index contributed by atoms with van der Waals surface area (Å²) in [6, 6.07) is 5.36. The monoisotopic (exact) mass is 685 g/mol. The first-order chi connectivity index (χ1) is 23.1. The molecule has 0 saturated carbocycles. The number of amides is 6. The van der Waals surface area contributed by atoms with Crippen LogP contribution in [0.25, 0.3) is 0 Å². The number of ketones is 1. The van der Waals surface area contributed by atoms with Gasteiger partial charge >= 0.3 is 12.0 Å². The second kappa shape index (κ2) is 20.3. The number of carbonyl (C=O) groups excluding carboxylic acids is 7. The quantitative estimate of drug-likeness (QED) is 0.0844. The normalized spacial score (nSPS) is 15.8. The topological polar surface area (TPSA) is 194 Å². The summed E-state index contributed by atoms with van der Waals surface area (Å²) in [5.74, 6) is -2.87. The van der Waals surface area contributed by atoms with Crippen molar-refractivity contribution >= 4 is 47.1 Å². The van der Waals surface area contributed by atoms with Gasteiger partial charge in [-0.15, -0.1) is 0 Å². The molecule has 1 aromatic rings. The molecule has 0 bridgehead atoms. The Morgan fingerprint density at radius 3 is 2.18 bits per heavy atom. The first-order valence-electron chi connectivity index (χ1n) is 17.4. The molecular formula is C36H55N5O8. The van der Waals surface area contributed by atoms with Gasteiger partial charge in [0.2, 0.25) is 23.6 Å². The molecule has 1 heterocycles. The van der Waals surface area contributed by atoms with Gasteiger partial charge in [0.05, 0.1) is 12.0 Å². The van der Waals surface area contributed by atoms with E-state index in [1.165, 1.54) is 4.90 Å². The van der Waals surface area contributed by atoms with Crippen LogP contribution in [0.2, 0.25) is 0 Å². The number of likely N-dealkylation sites (tertiary alicyclic amines) is 1. The largest absolute Gasteiger partial charge is 0.461 e. The molecule has 6 amide bonds. The molecule has 1 aromatic carbocycles. The number of benzene rings is 1. The van der Waals surface area contributed by atoms with Gasteiger partial charge in [-0.3, -0.25) is 33.7 Å². The lowest BCUT2D eigenvalue weighted by Gasteiger charge is -2.24. The number of Topliss-reactive ketones (excluding diaryl/α,β-unsaturated/α-hetero) is 1. The van der Waals surface area contributed by atoms with Gasteiger partial charge in [-0.2, -0.15) is 0 Å². The lowest BCUT2D eigenvalue weighted by atomic mass is 9.89. The maximum Gasteiger partial charge on any atom is 0.312 e. The number of hydrogen-bond donors (Lipinski definition) is 4. The Labute approximate surface area is 289 Å². The Hall–Kier alpha value is -4.29. The maximum absolute atomic E-state index is 13.5. The highest BCUT2D eigenvalue weighted by molar-refractivity contribution is 6.03. The first kappa shape index (κ1) is 40.9.